The number of hydrogen-bond donors (Lipinski definition) is 1. The summed E-state index contributed by atoms with van der Waals surface area (Å²) in [6.07, 6.45) is 1.98. The molecule has 1 N–H and O–H groups in total. The van der Waals surface area contributed by atoms with Crippen LogP contribution in [0.2, 0.25) is 0 Å². The lowest BCUT2D eigenvalue weighted by Crippen LogP contribution is -2.30. The van der Waals surface area contributed by atoms with Gasteiger partial charge in [-0.05, 0) is 31.2 Å². The van der Waals surface area contributed by atoms with Crippen LogP contribution in [0.5, 0.6) is 11.5 Å². The van der Waals surface area contributed by atoms with Gasteiger partial charge in [-0.25, -0.2) is 4.79 Å². The third kappa shape index (κ3) is 3.97. The number of hydrogen-bond acceptors (Lipinski definition) is 7. The van der Waals surface area contributed by atoms with E-state index in [0.717, 1.165) is 0 Å². The van der Waals surface area contributed by atoms with Gasteiger partial charge in [-0.2, -0.15) is 0 Å². The molecule has 3 rings (SSSR count). The SMILES string of the molecule is COc1ccc(OC)c(NC(=O)C(C)OC(=O)c2ccc3nncn3c2)c1. The van der Waals surface area contributed by atoms with Gasteiger partial charge in [-0.3, -0.25) is 9.20 Å². The van der Waals surface area contributed by atoms with E-state index in [-0.39, 0.29) is 5.56 Å². The third-order valence-corrected chi connectivity index (χ3v) is 3.84. The fourth-order valence-electron chi connectivity index (χ4n) is 2.38. The highest BCUT2D eigenvalue weighted by Gasteiger charge is 2.21. The maximum Gasteiger partial charge on any atom is 0.340 e. The number of nitrogens with one attached hydrogen (secondary N) is 1. The molecule has 9 nitrogen and oxygen atoms in total. The van der Waals surface area contributed by atoms with E-state index in [4.69, 9.17) is 14.2 Å². The van der Waals surface area contributed by atoms with Crippen LogP contribution in [0.1, 0.15) is 17.3 Å². The highest BCUT2D eigenvalue weighted by molar-refractivity contribution is 5.98. The Morgan fingerprint density at radius 2 is 1.96 bits per heavy atom. The van der Waals surface area contributed by atoms with E-state index in [1.165, 1.54) is 33.7 Å². The van der Waals surface area contributed by atoms with Gasteiger partial charge in [0.05, 0.1) is 25.5 Å². The zero-order valence-electron chi connectivity index (χ0n) is 15.0. The molecule has 0 saturated carbocycles. The molecule has 27 heavy (non-hydrogen) atoms. The Hall–Kier alpha value is -3.62. The maximum atomic E-state index is 12.4. The zero-order valence-corrected chi connectivity index (χ0v) is 15.0. The molecule has 2 aromatic heterocycles. The smallest absolute Gasteiger partial charge is 0.340 e. The average molecular weight is 370 g/mol. The Kier molecular flexibility index (Phi) is 5.20. The number of rotatable bonds is 6. The van der Waals surface area contributed by atoms with Gasteiger partial charge in [0.15, 0.2) is 11.8 Å². The summed E-state index contributed by atoms with van der Waals surface area (Å²) in [6.45, 7) is 1.48. The summed E-state index contributed by atoms with van der Waals surface area (Å²) in [5.74, 6) is -0.120. The normalized spacial score (nSPS) is 11.7. The molecule has 9 heteroatoms. The van der Waals surface area contributed by atoms with Gasteiger partial charge in [-0.15, -0.1) is 10.2 Å². The predicted octanol–water partition coefficient (Wildman–Crippen LogP) is 1.93. The van der Waals surface area contributed by atoms with Crippen molar-refractivity contribution in [1.82, 2.24) is 14.6 Å². The first-order valence-corrected chi connectivity index (χ1v) is 8.05. The number of nitrogens with zero attached hydrogens (tertiary/aromatic N) is 3. The van der Waals surface area contributed by atoms with E-state index in [9.17, 15) is 9.59 Å². The van der Waals surface area contributed by atoms with Gasteiger partial charge < -0.3 is 19.5 Å². The summed E-state index contributed by atoms with van der Waals surface area (Å²) < 4.78 is 17.2. The minimum atomic E-state index is -1.02. The fourth-order valence-corrected chi connectivity index (χ4v) is 2.38. The van der Waals surface area contributed by atoms with E-state index in [2.05, 4.69) is 15.5 Å². The minimum Gasteiger partial charge on any atom is -0.497 e. The van der Waals surface area contributed by atoms with E-state index >= 15 is 0 Å². The van der Waals surface area contributed by atoms with Crippen molar-refractivity contribution < 1.29 is 23.8 Å². The van der Waals surface area contributed by atoms with Gasteiger partial charge in [-0.1, -0.05) is 0 Å². The molecule has 1 unspecified atom stereocenters. The lowest BCUT2D eigenvalue weighted by Gasteiger charge is -2.16. The van der Waals surface area contributed by atoms with Gasteiger partial charge in [0.25, 0.3) is 5.91 Å². The van der Waals surface area contributed by atoms with Crippen molar-refractivity contribution in [1.29, 1.82) is 0 Å². The quantitative estimate of drug-likeness (QED) is 0.661. The van der Waals surface area contributed by atoms with Crippen LogP contribution in [0.3, 0.4) is 0 Å². The Bertz CT molecular complexity index is 985. The summed E-state index contributed by atoms with van der Waals surface area (Å²) in [5.41, 5.74) is 1.29. The lowest BCUT2D eigenvalue weighted by atomic mass is 10.2. The molecular formula is C18H18N4O5. The summed E-state index contributed by atoms with van der Waals surface area (Å²) >= 11 is 0. The number of benzene rings is 1. The Morgan fingerprint density at radius 3 is 2.70 bits per heavy atom. The van der Waals surface area contributed by atoms with Gasteiger partial charge in [0.1, 0.15) is 17.8 Å². The van der Waals surface area contributed by atoms with Crippen molar-refractivity contribution in [2.75, 3.05) is 19.5 Å². The summed E-state index contributed by atoms with van der Waals surface area (Å²) in [6, 6.07) is 8.18. The maximum absolute atomic E-state index is 12.4. The summed E-state index contributed by atoms with van der Waals surface area (Å²) in [7, 11) is 3.01. The van der Waals surface area contributed by atoms with Crippen molar-refractivity contribution in [2.24, 2.45) is 0 Å². The number of pyridine rings is 1. The molecule has 0 aliphatic heterocycles. The molecule has 0 bridgehead atoms. The minimum absolute atomic E-state index is 0.279. The standard InChI is InChI=1S/C18H18N4O5/c1-11(17(23)20-14-8-13(25-2)5-6-15(14)26-3)27-18(24)12-4-7-16-21-19-10-22(16)9-12/h4-11H,1-3H3,(H,20,23). The molecule has 0 radical (unpaired) electrons. The summed E-state index contributed by atoms with van der Waals surface area (Å²) in [4.78, 5) is 24.7. The molecule has 0 aliphatic rings. The number of esters is 1. The van der Waals surface area contributed by atoms with Gasteiger partial charge in [0.2, 0.25) is 0 Å². The number of fused-ring (bicyclic) bond motifs is 1. The molecule has 3 aromatic rings. The number of methoxy groups -OCH3 is 2. The number of carbonyl (C=O) groups excluding carboxylic acids is 2. The second-order valence-corrected chi connectivity index (χ2v) is 5.62. The molecule has 2 heterocycles. The van der Waals surface area contributed by atoms with Crippen molar-refractivity contribution >= 4 is 23.2 Å². The molecule has 1 atom stereocenters. The van der Waals surface area contributed by atoms with Crippen LogP contribution in [-0.2, 0) is 9.53 Å². The predicted molar refractivity (Wildman–Crippen MR) is 96.0 cm³/mol. The van der Waals surface area contributed by atoms with Crippen LogP contribution in [0.4, 0.5) is 5.69 Å². The topological polar surface area (TPSA) is 104 Å². The largest absolute Gasteiger partial charge is 0.497 e. The number of anilines is 1. The van der Waals surface area contributed by atoms with E-state index < -0.39 is 18.0 Å². The zero-order chi connectivity index (χ0) is 19.4. The first-order valence-electron chi connectivity index (χ1n) is 8.05. The van der Waals surface area contributed by atoms with Crippen LogP contribution in [0, 0.1) is 0 Å². The molecule has 0 aliphatic carbocycles. The molecular weight excluding hydrogens is 352 g/mol. The number of carbonyl (C=O) groups is 2. The van der Waals surface area contributed by atoms with E-state index in [1.54, 1.807) is 34.7 Å². The Balaban J connectivity index is 1.69. The third-order valence-electron chi connectivity index (χ3n) is 3.84. The van der Waals surface area contributed by atoms with E-state index in [0.29, 0.717) is 22.8 Å². The van der Waals surface area contributed by atoms with Crippen molar-refractivity contribution in [2.45, 2.75) is 13.0 Å². The monoisotopic (exact) mass is 370 g/mol. The molecule has 0 spiro atoms. The molecule has 0 fully saturated rings. The molecule has 1 aromatic carbocycles. The van der Waals surface area contributed by atoms with Gasteiger partial charge >= 0.3 is 5.97 Å². The molecule has 140 valence electrons. The second-order valence-electron chi connectivity index (χ2n) is 5.62. The van der Waals surface area contributed by atoms with Crippen molar-refractivity contribution in [3.8, 4) is 11.5 Å². The Labute approximate surface area is 154 Å². The van der Waals surface area contributed by atoms with Crippen LogP contribution < -0.4 is 14.8 Å². The molecule has 1 amide bonds. The highest BCUT2D eigenvalue weighted by Crippen LogP contribution is 2.29. The first-order chi connectivity index (χ1) is 13.0. The van der Waals surface area contributed by atoms with Crippen LogP contribution in [0.25, 0.3) is 5.65 Å². The van der Waals surface area contributed by atoms with Crippen LogP contribution in [-0.4, -0.2) is 46.8 Å². The number of ether oxygens (including phenoxy) is 3. The molecule has 0 saturated heterocycles. The second kappa shape index (κ2) is 7.73. The fraction of sp³-hybridized carbons (Fsp3) is 0.222. The van der Waals surface area contributed by atoms with Crippen molar-refractivity contribution in [3.63, 3.8) is 0 Å². The average Bonchev–Trinajstić information content (AvgIpc) is 3.15. The number of aromatic nitrogens is 3. The lowest BCUT2D eigenvalue weighted by molar-refractivity contribution is -0.123. The Morgan fingerprint density at radius 1 is 1.15 bits per heavy atom. The first kappa shape index (κ1) is 18.2. The van der Waals surface area contributed by atoms with Crippen molar-refractivity contribution in [3.05, 3.63) is 48.4 Å². The summed E-state index contributed by atoms with van der Waals surface area (Å²) in [5, 5.41) is 10.3. The highest BCUT2D eigenvalue weighted by atomic mass is 16.5. The van der Waals surface area contributed by atoms with Crippen LogP contribution >= 0.6 is 0 Å². The number of amides is 1. The van der Waals surface area contributed by atoms with E-state index in [1.807, 2.05) is 0 Å². The van der Waals surface area contributed by atoms with Gasteiger partial charge in [0, 0.05) is 12.3 Å². The van der Waals surface area contributed by atoms with Crippen LogP contribution in [0.15, 0.2) is 42.9 Å².